The van der Waals surface area contributed by atoms with Crippen LogP contribution in [-0.4, -0.2) is 21.8 Å². The maximum atomic E-state index is 10.9. The average Bonchev–Trinajstić information content (AvgIpc) is 2.03. The van der Waals surface area contributed by atoms with Crippen molar-refractivity contribution in [3.8, 4) is 0 Å². The molecule has 1 fully saturated rings. The summed E-state index contributed by atoms with van der Waals surface area (Å²) in [4.78, 5) is 0. The molecule has 1 saturated carbocycles. The van der Waals surface area contributed by atoms with E-state index in [0.29, 0.717) is 0 Å². The van der Waals surface area contributed by atoms with E-state index >= 15 is 0 Å². The fraction of sp³-hybridized carbons (Fsp3) is 1.00. The van der Waals surface area contributed by atoms with E-state index in [2.05, 4.69) is 0 Å². The predicted molar refractivity (Wildman–Crippen MR) is 53.6 cm³/mol. The Hall–Kier alpha value is 0.110. The summed E-state index contributed by atoms with van der Waals surface area (Å²) in [7, 11) is -0.673. The maximum absolute atomic E-state index is 10.9. The highest BCUT2D eigenvalue weighted by Crippen LogP contribution is 2.28. The van der Waals surface area contributed by atoms with E-state index in [-0.39, 0.29) is 5.54 Å². The Bertz CT molecular complexity index is 164. The number of hydrogen-bond donors (Lipinski definition) is 1. The minimum absolute atomic E-state index is 0.0178. The molecule has 0 aromatic carbocycles. The molecule has 1 unspecified atom stereocenters. The fourth-order valence-electron chi connectivity index (χ4n) is 1.85. The molecular formula is C9H19NOS. The van der Waals surface area contributed by atoms with Crippen LogP contribution in [0.25, 0.3) is 0 Å². The third-order valence-electron chi connectivity index (χ3n) is 2.74. The fourth-order valence-corrected chi connectivity index (χ4v) is 2.55. The lowest BCUT2D eigenvalue weighted by Crippen LogP contribution is -2.42. The Morgan fingerprint density at radius 2 is 1.92 bits per heavy atom. The van der Waals surface area contributed by atoms with Crippen LogP contribution in [0.3, 0.4) is 0 Å². The molecule has 1 aliphatic carbocycles. The van der Waals surface area contributed by atoms with E-state index in [1.165, 1.54) is 19.3 Å². The molecule has 0 aromatic rings. The first-order valence-corrected chi connectivity index (χ1v) is 6.44. The zero-order valence-electron chi connectivity index (χ0n) is 7.84. The van der Waals surface area contributed by atoms with Gasteiger partial charge in [-0.25, -0.2) is 0 Å². The van der Waals surface area contributed by atoms with E-state index in [1.54, 1.807) is 6.26 Å². The largest absolute Gasteiger partial charge is 0.325 e. The van der Waals surface area contributed by atoms with Gasteiger partial charge in [0.2, 0.25) is 0 Å². The van der Waals surface area contributed by atoms with Crippen LogP contribution in [0.4, 0.5) is 0 Å². The Labute approximate surface area is 77.4 Å². The SMILES string of the molecule is CS(=O)CCC1(N)CCCCC1. The third-order valence-corrected chi connectivity index (χ3v) is 3.52. The number of nitrogens with two attached hydrogens (primary N) is 1. The minimum atomic E-state index is -0.673. The van der Waals surface area contributed by atoms with Gasteiger partial charge >= 0.3 is 0 Å². The van der Waals surface area contributed by atoms with Crippen molar-refractivity contribution in [2.75, 3.05) is 12.0 Å². The molecule has 0 saturated heterocycles. The molecule has 0 aliphatic heterocycles. The van der Waals surface area contributed by atoms with Gasteiger partial charge in [-0.2, -0.15) is 0 Å². The summed E-state index contributed by atoms with van der Waals surface area (Å²) in [5.74, 6) is 0.774. The van der Waals surface area contributed by atoms with Crippen LogP contribution in [0.5, 0.6) is 0 Å². The summed E-state index contributed by atoms with van der Waals surface area (Å²) in [6.45, 7) is 0. The summed E-state index contributed by atoms with van der Waals surface area (Å²) < 4.78 is 10.9. The molecule has 1 aliphatic rings. The predicted octanol–water partition coefficient (Wildman–Crippen LogP) is 1.42. The number of rotatable bonds is 3. The molecule has 1 rings (SSSR count). The lowest BCUT2D eigenvalue weighted by Gasteiger charge is -2.33. The zero-order chi connectivity index (χ0) is 9.03. The molecule has 72 valence electrons. The van der Waals surface area contributed by atoms with Crippen molar-refractivity contribution < 1.29 is 4.21 Å². The second-order valence-electron chi connectivity index (χ2n) is 3.95. The van der Waals surface area contributed by atoms with E-state index in [0.717, 1.165) is 25.0 Å². The van der Waals surface area contributed by atoms with Crippen molar-refractivity contribution in [1.82, 2.24) is 0 Å². The summed E-state index contributed by atoms with van der Waals surface area (Å²) in [6.07, 6.45) is 8.80. The van der Waals surface area contributed by atoms with Crippen LogP contribution in [0.2, 0.25) is 0 Å². The van der Waals surface area contributed by atoms with Gasteiger partial charge < -0.3 is 5.73 Å². The van der Waals surface area contributed by atoms with Crippen molar-refractivity contribution in [3.63, 3.8) is 0 Å². The van der Waals surface area contributed by atoms with Crippen LogP contribution < -0.4 is 5.73 Å². The summed E-state index contributed by atoms with van der Waals surface area (Å²) in [5, 5.41) is 0. The Kier molecular flexibility index (Phi) is 3.72. The second kappa shape index (κ2) is 4.38. The van der Waals surface area contributed by atoms with Gasteiger partial charge in [0, 0.05) is 28.3 Å². The molecule has 0 radical (unpaired) electrons. The zero-order valence-corrected chi connectivity index (χ0v) is 8.66. The lowest BCUT2D eigenvalue weighted by molar-refractivity contribution is 0.289. The Balaban J connectivity index is 2.31. The topological polar surface area (TPSA) is 43.1 Å². The van der Waals surface area contributed by atoms with Gasteiger partial charge in [0.1, 0.15) is 0 Å². The first kappa shape index (κ1) is 10.2. The van der Waals surface area contributed by atoms with Crippen LogP contribution in [0, 0.1) is 0 Å². The van der Waals surface area contributed by atoms with Crippen LogP contribution >= 0.6 is 0 Å². The van der Waals surface area contributed by atoms with E-state index in [9.17, 15) is 4.21 Å². The standard InChI is InChI=1S/C9H19NOS/c1-12(11)8-7-9(10)5-3-2-4-6-9/h2-8,10H2,1H3. The molecular weight excluding hydrogens is 170 g/mol. The second-order valence-corrected chi connectivity index (χ2v) is 5.50. The molecule has 1 atom stereocenters. The molecule has 0 heterocycles. The minimum Gasteiger partial charge on any atom is -0.325 e. The monoisotopic (exact) mass is 189 g/mol. The first-order chi connectivity index (χ1) is 5.62. The first-order valence-electron chi connectivity index (χ1n) is 4.71. The highest BCUT2D eigenvalue weighted by Gasteiger charge is 2.26. The van der Waals surface area contributed by atoms with Gasteiger partial charge in [-0.3, -0.25) is 4.21 Å². The molecule has 0 aromatic heterocycles. The average molecular weight is 189 g/mol. The molecule has 0 bridgehead atoms. The highest BCUT2D eigenvalue weighted by atomic mass is 32.2. The van der Waals surface area contributed by atoms with Crippen molar-refractivity contribution >= 4 is 10.8 Å². The molecule has 2 N–H and O–H groups in total. The Morgan fingerprint density at radius 1 is 1.33 bits per heavy atom. The van der Waals surface area contributed by atoms with Crippen molar-refractivity contribution in [3.05, 3.63) is 0 Å². The van der Waals surface area contributed by atoms with Crippen molar-refractivity contribution in [2.24, 2.45) is 5.73 Å². The molecule has 12 heavy (non-hydrogen) atoms. The van der Waals surface area contributed by atoms with Gasteiger partial charge in [0.15, 0.2) is 0 Å². The summed E-state index contributed by atoms with van der Waals surface area (Å²) in [6, 6.07) is 0. The lowest BCUT2D eigenvalue weighted by atomic mass is 9.81. The van der Waals surface area contributed by atoms with Gasteiger partial charge in [-0.1, -0.05) is 19.3 Å². The van der Waals surface area contributed by atoms with Crippen molar-refractivity contribution in [1.29, 1.82) is 0 Å². The van der Waals surface area contributed by atoms with Gasteiger partial charge in [0.25, 0.3) is 0 Å². The molecule has 3 heteroatoms. The third kappa shape index (κ3) is 3.23. The summed E-state index contributed by atoms with van der Waals surface area (Å²) >= 11 is 0. The van der Waals surface area contributed by atoms with Gasteiger partial charge in [-0.05, 0) is 19.3 Å². The molecule has 2 nitrogen and oxygen atoms in total. The van der Waals surface area contributed by atoms with E-state index in [1.807, 2.05) is 0 Å². The van der Waals surface area contributed by atoms with Crippen LogP contribution in [0.15, 0.2) is 0 Å². The van der Waals surface area contributed by atoms with Gasteiger partial charge in [0.05, 0.1) is 0 Å². The quantitative estimate of drug-likeness (QED) is 0.729. The smallest absolute Gasteiger partial charge is 0.0249 e. The van der Waals surface area contributed by atoms with Crippen LogP contribution in [-0.2, 0) is 10.8 Å². The van der Waals surface area contributed by atoms with E-state index < -0.39 is 10.8 Å². The van der Waals surface area contributed by atoms with Crippen molar-refractivity contribution in [2.45, 2.75) is 44.1 Å². The number of hydrogen-bond acceptors (Lipinski definition) is 2. The van der Waals surface area contributed by atoms with Crippen LogP contribution in [0.1, 0.15) is 38.5 Å². The van der Waals surface area contributed by atoms with E-state index in [4.69, 9.17) is 5.73 Å². The normalized spacial score (nSPS) is 25.2. The molecule has 0 spiro atoms. The Morgan fingerprint density at radius 3 is 2.42 bits per heavy atom. The maximum Gasteiger partial charge on any atom is 0.0249 e. The summed E-state index contributed by atoms with van der Waals surface area (Å²) in [5.41, 5.74) is 6.19. The highest BCUT2D eigenvalue weighted by molar-refractivity contribution is 7.84. The van der Waals surface area contributed by atoms with Gasteiger partial charge in [-0.15, -0.1) is 0 Å². The molecule has 0 amide bonds.